The van der Waals surface area contributed by atoms with Crippen LogP contribution in [-0.2, 0) is 4.79 Å². The highest BCUT2D eigenvalue weighted by Gasteiger charge is 2.30. The number of piperidine rings is 1. The Balaban J connectivity index is 1.40. The van der Waals surface area contributed by atoms with Crippen molar-refractivity contribution in [2.75, 3.05) is 26.7 Å². The van der Waals surface area contributed by atoms with E-state index in [2.05, 4.69) is 21.7 Å². The van der Waals surface area contributed by atoms with Crippen LogP contribution in [0.2, 0.25) is 5.02 Å². The van der Waals surface area contributed by atoms with Crippen LogP contribution in [0.1, 0.15) is 49.3 Å². The second-order valence-electron chi connectivity index (χ2n) is 9.63. The minimum atomic E-state index is -0.772. The lowest BCUT2D eigenvalue weighted by Gasteiger charge is -2.38. The van der Waals surface area contributed by atoms with Crippen LogP contribution in [-0.4, -0.2) is 52.8 Å². The number of hydrogen-bond acceptors (Lipinski definition) is 5. The smallest absolute Gasteiger partial charge is 0.303 e. The third kappa shape index (κ3) is 7.23. The Morgan fingerprint density at radius 3 is 2.84 bits per heavy atom. The molecule has 37 heavy (non-hydrogen) atoms. The summed E-state index contributed by atoms with van der Waals surface area (Å²) in [5, 5.41) is 21.9. The fraction of sp³-hybridized carbons (Fsp3) is 0.400. The van der Waals surface area contributed by atoms with E-state index in [1.54, 1.807) is 13.3 Å². The zero-order valence-electron chi connectivity index (χ0n) is 21.1. The summed E-state index contributed by atoms with van der Waals surface area (Å²) in [6, 6.07) is 15.1. The van der Waals surface area contributed by atoms with Gasteiger partial charge in [0.05, 0.1) is 30.3 Å². The zero-order valence-corrected chi connectivity index (χ0v) is 21.8. The lowest BCUT2D eigenvalue weighted by atomic mass is 9.79. The van der Waals surface area contributed by atoms with Crippen LogP contribution in [0.15, 0.2) is 54.7 Å². The molecule has 1 saturated heterocycles. The number of carbonyl (C=O) groups is 1. The molecule has 0 aliphatic carbocycles. The Hall–Kier alpha value is -3.11. The highest BCUT2D eigenvalue weighted by Crippen LogP contribution is 2.35. The number of aliphatic carboxylic acids is 1. The molecule has 3 aromatic rings. The van der Waals surface area contributed by atoms with Crippen molar-refractivity contribution < 1.29 is 19.7 Å². The summed E-state index contributed by atoms with van der Waals surface area (Å²) in [6.07, 6.45) is 4.27. The lowest BCUT2D eigenvalue weighted by molar-refractivity contribution is -0.137. The van der Waals surface area contributed by atoms with Crippen LogP contribution in [0.3, 0.4) is 0 Å². The fourth-order valence-electron chi connectivity index (χ4n) is 5.22. The van der Waals surface area contributed by atoms with Crippen molar-refractivity contribution in [3.63, 3.8) is 0 Å². The summed E-state index contributed by atoms with van der Waals surface area (Å²) >= 11 is 6.21. The molecule has 1 fully saturated rings. The van der Waals surface area contributed by atoms with Gasteiger partial charge in [-0.3, -0.25) is 14.7 Å². The van der Waals surface area contributed by atoms with Gasteiger partial charge in [0.25, 0.3) is 0 Å². The fourth-order valence-corrected chi connectivity index (χ4v) is 5.40. The van der Waals surface area contributed by atoms with Gasteiger partial charge in [0.2, 0.25) is 0 Å². The van der Waals surface area contributed by atoms with Crippen molar-refractivity contribution in [2.45, 2.75) is 38.2 Å². The average molecular weight is 521 g/mol. The third-order valence-electron chi connectivity index (χ3n) is 7.26. The number of hydrogen-bond donors (Lipinski definition) is 2. The first-order valence-electron chi connectivity index (χ1n) is 12.7. The minimum absolute atomic E-state index is 0.150. The molecule has 0 bridgehead atoms. The van der Waals surface area contributed by atoms with E-state index in [4.69, 9.17) is 16.3 Å². The number of nitrogens with zero attached hydrogens (tertiary/aromatic N) is 2. The van der Waals surface area contributed by atoms with Crippen molar-refractivity contribution in [1.82, 2.24) is 9.88 Å². The van der Waals surface area contributed by atoms with Gasteiger partial charge in [0, 0.05) is 30.1 Å². The van der Waals surface area contributed by atoms with Gasteiger partial charge in [-0.2, -0.15) is 0 Å². The SMILES string of the molecule is COc1ccc2nccc([C@@H](O)CCC3CCN(CC#Cc4ccccc4Cl)CC3CCC(=O)O)c2c1. The van der Waals surface area contributed by atoms with Crippen LogP contribution in [0.25, 0.3) is 10.9 Å². The van der Waals surface area contributed by atoms with Crippen LogP contribution < -0.4 is 4.74 Å². The minimum Gasteiger partial charge on any atom is -0.497 e. The molecule has 0 spiro atoms. The Bertz CT molecular complexity index is 1290. The maximum atomic E-state index is 11.3. The molecule has 2 N–H and O–H groups in total. The molecule has 1 aliphatic rings. The van der Waals surface area contributed by atoms with Gasteiger partial charge in [-0.15, -0.1) is 0 Å². The summed E-state index contributed by atoms with van der Waals surface area (Å²) in [7, 11) is 1.62. The predicted molar refractivity (Wildman–Crippen MR) is 146 cm³/mol. The summed E-state index contributed by atoms with van der Waals surface area (Å²) < 4.78 is 5.36. The molecular formula is C30H33ClN2O4. The van der Waals surface area contributed by atoms with Gasteiger partial charge in [0.1, 0.15) is 5.75 Å². The molecule has 3 atom stereocenters. The second kappa shape index (κ2) is 12.9. The van der Waals surface area contributed by atoms with E-state index in [1.807, 2.05) is 48.5 Å². The first-order valence-corrected chi connectivity index (χ1v) is 13.1. The number of pyridine rings is 1. The Kier molecular flexibility index (Phi) is 9.40. The second-order valence-corrected chi connectivity index (χ2v) is 10.0. The monoisotopic (exact) mass is 520 g/mol. The van der Waals surface area contributed by atoms with Crippen molar-refractivity contribution >= 4 is 28.5 Å². The van der Waals surface area contributed by atoms with E-state index in [9.17, 15) is 15.0 Å². The number of halogens is 1. The number of methoxy groups -OCH3 is 1. The summed E-state index contributed by atoms with van der Waals surface area (Å²) in [5.41, 5.74) is 2.48. The van der Waals surface area contributed by atoms with Gasteiger partial charge in [-0.25, -0.2) is 0 Å². The first kappa shape index (κ1) is 26.9. The van der Waals surface area contributed by atoms with Crippen LogP contribution in [0.4, 0.5) is 0 Å². The van der Waals surface area contributed by atoms with Crippen molar-refractivity contribution in [3.8, 4) is 17.6 Å². The third-order valence-corrected chi connectivity index (χ3v) is 7.59. The zero-order chi connectivity index (χ0) is 26.2. The molecule has 2 aromatic carbocycles. The van der Waals surface area contributed by atoms with Crippen molar-refractivity contribution in [3.05, 3.63) is 70.9 Å². The number of aromatic nitrogens is 1. The quantitative estimate of drug-likeness (QED) is 0.359. The van der Waals surface area contributed by atoms with Gasteiger partial charge in [-0.05, 0) is 86.0 Å². The number of aliphatic hydroxyl groups excluding tert-OH is 1. The normalized spacial score (nSPS) is 18.7. The van der Waals surface area contributed by atoms with Crippen molar-refractivity contribution in [2.24, 2.45) is 11.8 Å². The molecule has 0 radical (unpaired) electrons. The molecule has 2 unspecified atom stereocenters. The van der Waals surface area contributed by atoms with Crippen LogP contribution in [0, 0.1) is 23.7 Å². The lowest BCUT2D eigenvalue weighted by Crippen LogP contribution is -2.41. The number of aliphatic hydroxyl groups is 1. The molecular weight excluding hydrogens is 488 g/mol. The number of rotatable bonds is 9. The topological polar surface area (TPSA) is 82.9 Å². The standard InChI is InChI=1S/C30H33ClN2O4/c1-37-24-10-11-28-26(19-24)25(14-16-32-28)29(34)12-8-21-15-18-33(20-23(21)9-13-30(35)36)17-4-6-22-5-2-3-7-27(22)31/h2-3,5,7,10-11,14,16,19,21,23,29,34H,8-9,12-13,15,17-18,20H2,1H3,(H,35,36)/t21?,23?,29-/m0/s1. The summed E-state index contributed by atoms with van der Waals surface area (Å²) in [6.45, 7) is 2.33. The maximum Gasteiger partial charge on any atom is 0.303 e. The van der Waals surface area contributed by atoms with Gasteiger partial charge >= 0.3 is 5.97 Å². The number of carboxylic acids is 1. The molecule has 0 amide bonds. The van der Waals surface area contributed by atoms with E-state index >= 15 is 0 Å². The molecule has 4 rings (SSSR count). The molecule has 194 valence electrons. The molecule has 1 aliphatic heterocycles. The van der Waals surface area contributed by atoms with E-state index < -0.39 is 12.1 Å². The Morgan fingerprint density at radius 1 is 1.22 bits per heavy atom. The number of fused-ring (bicyclic) bond motifs is 1. The van der Waals surface area contributed by atoms with Crippen LogP contribution >= 0.6 is 11.6 Å². The first-order chi connectivity index (χ1) is 17.9. The average Bonchev–Trinajstić information content (AvgIpc) is 2.91. The Morgan fingerprint density at radius 2 is 2.05 bits per heavy atom. The summed E-state index contributed by atoms with van der Waals surface area (Å²) in [5.74, 6) is 6.94. The predicted octanol–water partition coefficient (Wildman–Crippen LogP) is 5.57. The maximum absolute atomic E-state index is 11.3. The molecule has 6 nitrogen and oxygen atoms in total. The van der Waals surface area contributed by atoms with E-state index in [1.165, 1.54) is 0 Å². The van der Waals surface area contributed by atoms with Crippen LogP contribution in [0.5, 0.6) is 5.75 Å². The number of ether oxygens (including phenoxy) is 1. The van der Waals surface area contributed by atoms with Gasteiger partial charge < -0.3 is 14.9 Å². The van der Waals surface area contributed by atoms with E-state index in [0.717, 1.165) is 53.7 Å². The molecule has 2 heterocycles. The molecule has 7 heteroatoms. The largest absolute Gasteiger partial charge is 0.497 e. The van der Waals surface area contributed by atoms with Gasteiger partial charge in [-0.1, -0.05) is 35.6 Å². The van der Waals surface area contributed by atoms with E-state index in [-0.39, 0.29) is 12.3 Å². The highest BCUT2D eigenvalue weighted by atomic mass is 35.5. The number of likely N-dealkylation sites (tertiary alicyclic amines) is 1. The number of benzene rings is 2. The van der Waals surface area contributed by atoms with Gasteiger partial charge in [0.15, 0.2) is 0 Å². The molecule has 0 saturated carbocycles. The highest BCUT2D eigenvalue weighted by molar-refractivity contribution is 6.31. The molecule has 1 aromatic heterocycles. The van der Waals surface area contributed by atoms with E-state index in [0.29, 0.717) is 30.3 Å². The van der Waals surface area contributed by atoms with Crippen molar-refractivity contribution in [1.29, 1.82) is 0 Å². The number of carboxylic acid groups (broad SMARTS) is 1. The summed E-state index contributed by atoms with van der Waals surface area (Å²) in [4.78, 5) is 18.0. The Labute approximate surface area is 223 Å².